The molecule has 11 heavy (non-hydrogen) atoms. The van der Waals surface area contributed by atoms with E-state index in [9.17, 15) is 0 Å². The summed E-state index contributed by atoms with van der Waals surface area (Å²) in [5.74, 6) is 3.78. The van der Waals surface area contributed by atoms with Crippen molar-refractivity contribution in [1.29, 1.82) is 0 Å². The lowest BCUT2D eigenvalue weighted by Crippen LogP contribution is -2.16. The minimum Gasteiger partial charge on any atom is -0.261 e. The first kappa shape index (κ1) is 7.78. The largest absolute Gasteiger partial charge is 0.261 e. The van der Waals surface area contributed by atoms with E-state index < -0.39 is 0 Å². The van der Waals surface area contributed by atoms with Crippen molar-refractivity contribution >= 4 is 10.7 Å². The molecule has 2 aliphatic rings. The highest BCUT2D eigenvalue weighted by Gasteiger charge is 2.22. The highest BCUT2D eigenvalue weighted by Crippen LogP contribution is 2.26. The van der Waals surface area contributed by atoms with Crippen LogP contribution in [0.3, 0.4) is 0 Å². The van der Waals surface area contributed by atoms with E-state index in [0.29, 0.717) is 10.7 Å². The van der Waals surface area contributed by atoms with Gasteiger partial charge in [0.15, 0.2) is 0 Å². The zero-order valence-electron chi connectivity index (χ0n) is 7.25. The van der Waals surface area contributed by atoms with Crippen LogP contribution in [0.2, 0.25) is 0 Å². The molecule has 64 valence electrons. The van der Waals surface area contributed by atoms with Gasteiger partial charge >= 0.3 is 0 Å². The Labute approximate surface area is 71.7 Å². The van der Waals surface area contributed by atoms with E-state index in [2.05, 4.69) is 6.92 Å². The molecule has 1 saturated carbocycles. The highest BCUT2D eigenvalue weighted by atomic mass is 32.2. The number of nitrogens with zero attached hydrogens (tertiary/aromatic N) is 1. The highest BCUT2D eigenvalue weighted by molar-refractivity contribution is 7.87. The molecular formula is C9H17NS. The molecule has 0 spiro atoms. The molecule has 0 aromatic rings. The van der Waals surface area contributed by atoms with Gasteiger partial charge in [0, 0.05) is 11.5 Å². The predicted octanol–water partition coefficient (Wildman–Crippen LogP) is 2.38. The molecule has 0 bridgehead atoms. The van der Waals surface area contributed by atoms with Crippen LogP contribution in [-0.2, 0) is 10.7 Å². The average molecular weight is 171 g/mol. The minimum atomic E-state index is 0.492. The maximum Gasteiger partial charge on any atom is 0.0569 e. The van der Waals surface area contributed by atoms with Gasteiger partial charge < -0.3 is 0 Å². The second-order valence-corrected chi connectivity index (χ2v) is 5.84. The van der Waals surface area contributed by atoms with Crippen LogP contribution in [0.4, 0.5) is 0 Å². The molecule has 1 heterocycles. The van der Waals surface area contributed by atoms with E-state index >= 15 is 0 Å². The summed E-state index contributed by atoms with van der Waals surface area (Å²) in [5.41, 5.74) is 0. The van der Waals surface area contributed by atoms with Crippen LogP contribution in [0.15, 0.2) is 4.36 Å². The first-order valence-corrected chi connectivity index (χ1v) is 6.25. The summed E-state index contributed by atoms with van der Waals surface area (Å²) in [6.07, 6.45) is 5.64. The molecule has 0 N–H and O–H groups in total. The van der Waals surface area contributed by atoms with Crippen LogP contribution in [0.25, 0.3) is 0 Å². The summed E-state index contributed by atoms with van der Waals surface area (Å²) in [5, 5.41) is 0. The van der Waals surface area contributed by atoms with Gasteiger partial charge in [0.2, 0.25) is 0 Å². The van der Waals surface area contributed by atoms with E-state index in [1.54, 1.807) is 0 Å². The summed E-state index contributed by atoms with van der Waals surface area (Å²) in [6, 6.07) is 0.798. The lowest BCUT2D eigenvalue weighted by atomic mass is 10.1. The lowest BCUT2D eigenvalue weighted by molar-refractivity contribution is 0.538. The van der Waals surface area contributed by atoms with Gasteiger partial charge in [0.25, 0.3) is 0 Å². The monoisotopic (exact) mass is 171 g/mol. The second kappa shape index (κ2) is 3.26. The molecule has 1 saturated heterocycles. The summed E-state index contributed by atoms with van der Waals surface area (Å²) in [4.78, 5) is 0. The number of hydrogen-bond donors (Lipinski definition) is 0. The normalized spacial score (nSPS) is 38.6. The third kappa shape index (κ3) is 2.29. The molecule has 0 aromatic heterocycles. The van der Waals surface area contributed by atoms with Crippen LogP contribution in [0.5, 0.6) is 0 Å². The standard InChI is InChI=1S/C9H17NS/c1-8-4-6-11(7-5-8)10-9-2-3-9/h8-9H,2-7H2,1H3. The molecule has 0 aromatic carbocycles. The summed E-state index contributed by atoms with van der Waals surface area (Å²) < 4.78 is 4.81. The van der Waals surface area contributed by atoms with Gasteiger partial charge in [-0.1, -0.05) is 6.92 Å². The molecule has 2 fully saturated rings. The van der Waals surface area contributed by atoms with E-state index in [0.717, 1.165) is 12.0 Å². The molecule has 2 rings (SSSR count). The SMILES string of the molecule is CC1CCS(=NC2CC2)CC1. The maximum absolute atomic E-state index is 4.81. The molecule has 1 nitrogen and oxygen atoms in total. The van der Waals surface area contributed by atoms with E-state index in [-0.39, 0.29) is 0 Å². The number of rotatable bonds is 1. The summed E-state index contributed by atoms with van der Waals surface area (Å²) >= 11 is 0. The third-order valence-corrected chi connectivity index (χ3v) is 4.55. The van der Waals surface area contributed by atoms with Gasteiger partial charge in [-0.3, -0.25) is 4.36 Å². The third-order valence-electron chi connectivity index (χ3n) is 2.54. The molecule has 1 aliphatic heterocycles. The first-order chi connectivity index (χ1) is 5.34. The first-order valence-electron chi connectivity index (χ1n) is 4.73. The fraction of sp³-hybridized carbons (Fsp3) is 1.00. The Balaban J connectivity index is 1.85. The Morgan fingerprint density at radius 2 is 1.73 bits per heavy atom. The Morgan fingerprint density at radius 1 is 1.09 bits per heavy atom. The van der Waals surface area contributed by atoms with Crippen LogP contribution in [0, 0.1) is 5.92 Å². The van der Waals surface area contributed by atoms with Crippen molar-refractivity contribution in [1.82, 2.24) is 0 Å². The predicted molar refractivity (Wildman–Crippen MR) is 50.9 cm³/mol. The van der Waals surface area contributed by atoms with Crippen LogP contribution >= 0.6 is 0 Å². The van der Waals surface area contributed by atoms with Gasteiger partial charge in [0.1, 0.15) is 0 Å². The molecule has 0 radical (unpaired) electrons. The molecule has 0 unspecified atom stereocenters. The van der Waals surface area contributed by atoms with Crippen molar-refractivity contribution < 1.29 is 0 Å². The molecular weight excluding hydrogens is 154 g/mol. The summed E-state index contributed by atoms with van der Waals surface area (Å²) in [6.45, 7) is 2.37. The van der Waals surface area contributed by atoms with Gasteiger partial charge in [0.05, 0.1) is 6.04 Å². The van der Waals surface area contributed by atoms with Crippen molar-refractivity contribution in [2.45, 2.75) is 38.6 Å². The van der Waals surface area contributed by atoms with Crippen LogP contribution in [-0.4, -0.2) is 17.5 Å². The van der Waals surface area contributed by atoms with Crippen LogP contribution in [0.1, 0.15) is 32.6 Å². The van der Waals surface area contributed by atoms with Crippen molar-refractivity contribution in [2.75, 3.05) is 11.5 Å². The van der Waals surface area contributed by atoms with Crippen molar-refractivity contribution in [3.8, 4) is 0 Å². The van der Waals surface area contributed by atoms with Gasteiger partial charge in [-0.2, -0.15) is 0 Å². The summed E-state index contributed by atoms with van der Waals surface area (Å²) in [7, 11) is 0.492. The van der Waals surface area contributed by atoms with E-state index in [4.69, 9.17) is 4.36 Å². The lowest BCUT2D eigenvalue weighted by Gasteiger charge is -2.19. The zero-order valence-corrected chi connectivity index (χ0v) is 8.07. The fourth-order valence-corrected chi connectivity index (χ4v) is 3.81. The maximum atomic E-state index is 4.81. The van der Waals surface area contributed by atoms with Crippen molar-refractivity contribution in [2.24, 2.45) is 10.3 Å². The zero-order chi connectivity index (χ0) is 7.68. The minimum absolute atomic E-state index is 0.492. The van der Waals surface area contributed by atoms with Crippen molar-refractivity contribution in [3.05, 3.63) is 0 Å². The Hall–Kier alpha value is 0.150. The number of hydrogen-bond acceptors (Lipinski definition) is 1. The Morgan fingerprint density at radius 3 is 2.27 bits per heavy atom. The smallest absolute Gasteiger partial charge is 0.0569 e. The topological polar surface area (TPSA) is 12.4 Å². The van der Waals surface area contributed by atoms with Gasteiger partial charge in [-0.25, -0.2) is 0 Å². The molecule has 0 atom stereocenters. The average Bonchev–Trinajstić information content (AvgIpc) is 2.78. The quantitative estimate of drug-likeness (QED) is 0.574. The fourth-order valence-electron chi connectivity index (χ4n) is 1.42. The molecule has 0 amide bonds. The Bertz CT molecular complexity index is 162. The molecule has 2 heteroatoms. The van der Waals surface area contributed by atoms with E-state index in [1.807, 2.05) is 0 Å². The second-order valence-electron chi connectivity index (χ2n) is 3.89. The molecule has 1 aliphatic carbocycles. The van der Waals surface area contributed by atoms with Gasteiger partial charge in [-0.05, 0) is 31.6 Å². The van der Waals surface area contributed by atoms with E-state index in [1.165, 1.54) is 37.2 Å². The van der Waals surface area contributed by atoms with Crippen molar-refractivity contribution in [3.63, 3.8) is 0 Å². The Kier molecular flexibility index (Phi) is 2.30. The van der Waals surface area contributed by atoms with Crippen LogP contribution < -0.4 is 0 Å². The van der Waals surface area contributed by atoms with Gasteiger partial charge in [-0.15, -0.1) is 10.7 Å².